The zero-order valence-corrected chi connectivity index (χ0v) is 16.0. The Bertz CT molecular complexity index is 1130. The minimum absolute atomic E-state index is 0.290. The van der Waals surface area contributed by atoms with Crippen LogP contribution in [0.3, 0.4) is 0 Å². The highest BCUT2D eigenvalue weighted by molar-refractivity contribution is 5.97. The molecule has 1 aromatic heterocycles. The molecule has 0 atom stereocenters. The monoisotopic (exact) mass is 392 g/mol. The van der Waals surface area contributed by atoms with E-state index in [9.17, 15) is 4.39 Å². The Kier molecular flexibility index (Phi) is 3.87. The lowest BCUT2D eigenvalue weighted by molar-refractivity contribution is 0.171. The second-order valence-corrected chi connectivity index (χ2v) is 8.01. The third kappa shape index (κ3) is 2.90. The summed E-state index contributed by atoms with van der Waals surface area (Å²) in [6.07, 6.45) is 4.31. The second-order valence-electron chi connectivity index (χ2n) is 8.01. The van der Waals surface area contributed by atoms with Gasteiger partial charge in [-0.1, -0.05) is 5.16 Å². The summed E-state index contributed by atoms with van der Waals surface area (Å²) in [6, 6.07) is 8.87. The number of halogens is 1. The van der Waals surface area contributed by atoms with Crippen LogP contribution in [0.1, 0.15) is 35.6 Å². The van der Waals surface area contributed by atoms with Crippen LogP contribution in [-0.2, 0) is 0 Å². The SMILES string of the molecule is Fc1ccc2c(C3CCN(CC4=Cc5cc6c(cc54)OCCO6)CC3)noc2c1. The number of hydrogen-bond acceptors (Lipinski definition) is 5. The normalized spacial score (nSPS) is 19.0. The van der Waals surface area contributed by atoms with Gasteiger partial charge in [-0.3, -0.25) is 4.90 Å². The molecule has 6 heteroatoms. The summed E-state index contributed by atoms with van der Waals surface area (Å²) in [5.41, 5.74) is 5.38. The molecule has 3 aliphatic rings. The lowest BCUT2D eigenvalue weighted by Crippen LogP contribution is -2.35. The summed E-state index contributed by atoms with van der Waals surface area (Å²) in [5.74, 6) is 1.78. The molecule has 1 aliphatic carbocycles. The lowest BCUT2D eigenvalue weighted by atomic mass is 9.86. The van der Waals surface area contributed by atoms with Gasteiger partial charge in [-0.2, -0.15) is 0 Å². The fourth-order valence-electron chi connectivity index (χ4n) is 4.65. The van der Waals surface area contributed by atoms with Crippen molar-refractivity contribution >= 4 is 22.6 Å². The van der Waals surface area contributed by atoms with Crippen LogP contribution in [0.4, 0.5) is 4.39 Å². The van der Waals surface area contributed by atoms with E-state index >= 15 is 0 Å². The Hall–Kier alpha value is -2.86. The number of nitrogens with zero attached hydrogens (tertiary/aromatic N) is 2. The highest BCUT2D eigenvalue weighted by Crippen LogP contribution is 2.42. The van der Waals surface area contributed by atoms with Crippen LogP contribution < -0.4 is 9.47 Å². The Morgan fingerprint density at radius 2 is 1.83 bits per heavy atom. The van der Waals surface area contributed by atoms with E-state index in [1.54, 1.807) is 6.07 Å². The first-order valence-corrected chi connectivity index (χ1v) is 10.2. The molecule has 0 saturated carbocycles. The van der Waals surface area contributed by atoms with E-state index in [-0.39, 0.29) is 5.82 Å². The van der Waals surface area contributed by atoms with Crippen molar-refractivity contribution < 1.29 is 18.4 Å². The van der Waals surface area contributed by atoms with E-state index in [1.807, 2.05) is 0 Å². The van der Waals surface area contributed by atoms with Gasteiger partial charge in [-0.15, -0.1) is 0 Å². The van der Waals surface area contributed by atoms with Gasteiger partial charge in [0.25, 0.3) is 0 Å². The molecule has 0 amide bonds. The van der Waals surface area contributed by atoms with Crippen LogP contribution in [0.25, 0.3) is 22.6 Å². The number of hydrogen-bond donors (Lipinski definition) is 0. The summed E-state index contributed by atoms with van der Waals surface area (Å²) >= 11 is 0. The Balaban J connectivity index is 1.12. The van der Waals surface area contributed by atoms with Crippen molar-refractivity contribution in [2.75, 3.05) is 32.8 Å². The van der Waals surface area contributed by atoms with Crippen LogP contribution in [0, 0.1) is 5.82 Å². The molecule has 0 N–H and O–H groups in total. The van der Waals surface area contributed by atoms with Gasteiger partial charge in [0, 0.05) is 23.9 Å². The average molecular weight is 392 g/mol. The second kappa shape index (κ2) is 6.59. The standard InChI is InChI=1S/C23H21FN2O3/c24-17-1-2-18-20(11-17)29-25-23(18)14-3-5-26(6-4-14)13-16-9-15-10-21-22(12-19(15)16)28-8-7-27-21/h1-2,9-12,14H,3-8,13H2. The summed E-state index contributed by atoms with van der Waals surface area (Å²) in [5, 5.41) is 5.18. The van der Waals surface area contributed by atoms with Crippen molar-refractivity contribution in [3.63, 3.8) is 0 Å². The molecule has 5 nitrogen and oxygen atoms in total. The maximum absolute atomic E-state index is 13.4. The van der Waals surface area contributed by atoms with Crippen molar-refractivity contribution in [2.24, 2.45) is 0 Å². The number of aromatic nitrogens is 1. The summed E-state index contributed by atoms with van der Waals surface area (Å²) in [7, 11) is 0. The molecule has 2 aromatic carbocycles. The molecule has 0 bridgehead atoms. The van der Waals surface area contributed by atoms with E-state index in [0.717, 1.165) is 55.1 Å². The van der Waals surface area contributed by atoms with Gasteiger partial charge in [0.15, 0.2) is 17.1 Å². The average Bonchev–Trinajstić information content (AvgIpc) is 3.15. The first-order valence-electron chi connectivity index (χ1n) is 10.2. The largest absolute Gasteiger partial charge is 0.486 e. The van der Waals surface area contributed by atoms with Gasteiger partial charge in [-0.25, -0.2) is 4.39 Å². The molecule has 3 heterocycles. The highest BCUT2D eigenvalue weighted by atomic mass is 19.1. The van der Waals surface area contributed by atoms with Gasteiger partial charge in [-0.05, 0) is 73.0 Å². The summed E-state index contributed by atoms with van der Waals surface area (Å²) in [6.45, 7) is 4.20. The fourth-order valence-corrected chi connectivity index (χ4v) is 4.65. The number of rotatable bonds is 3. The summed E-state index contributed by atoms with van der Waals surface area (Å²) in [4.78, 5) is 2.49. The molecule has 1 fully saturated rings. The number of likely N-dealkylation sites (tertiary alicyclic amines) is 1. The molecule has 29 heavy (non-hydrogen) atoms. The number of ether oxygens (including phenoxy) is 2. The first-order chi connectivity index (χ1) is 14.2. The third-order valence-electron chi connectivity index (χ3n) is 6.22. The van der Waals surface area contributed by atoms with E-state index < -0.39 is 0 Å². The van der Waals surface area contributed by atoms with E-state index in [4.69, 9.17) is 14.0 Å². The van der Waals surface area contributed by atoms with Gasteiger partial charge >= 0.3 is 0 Å². The highest BCUT2D eigenvalue weighted by Gasteiger charge is 2.28. The van der Waals surface area contributed by atoms with Crippen molar-refractivity contribution in [3.05, 3.63) is 53.0 Å². The molecule has 148 valence electrons. The molecule has 0 radical (unpaired) electrons. The minimum atomic E-state index is -0.290. The smallest absolute Gasteiger partial charge is 0.170 e. The maximum atomic E-state index is 13.4. The van der Waals surface area contributed by atoms with Crippen molar-refractivity contribution in [2.45, 2.75) is 18.8 Å². The lowest BCUT2D eigenvalue weighted by Gasteiger charge is -2.34. The van der Waals surface area contributed by atoms with E-state index in [2.05, 4.69) is 28.3 Å². The molecule has 2 aliphatic heterocycles. The van der Waals surface area contributed by atoms with Gasteiger partial charge < -0.3 is 14.0 Å². The Labute approximate surface area is 167 Å². The molecule has 6 rings (SSSR count). The van der Waals surface area contributed by atoms with Crippen LogP contribution in [0.2, 0.25) is 0 Å². The minimum Gasteiger partial charge on any atom is -0.486 e. The molecule has 0 unspecified atom stereocenters. The topological polar surface area (TPSA) is 47.7 Å². The molecule has 1 saturated heterocycles. The van der Waals surface area contributed by atoms with E-state index in [0.29, 0.717) is 24.7 Å². The van der Waals surface area contributed by atoms with Gasteiger partial charge in [0.2, 0.25) is 0 Å². The molecular formula is C23H21FN2O3. The van der Waals surface area contributed by atoms with Crippen LogP contribution in [-0.4, -0.2) is 42.9 Å². The number of fused-ring (bicyclic) bond motifs is 3. The van der Waals surface area contributed by atoms with Crippen LogP contribution in [0.15, 0.2) is 34.9 Å². The zero-order valence-electron chi connectivity index (χ0n) is 16.0. The van der Waals surface area contributed by atoms with Crippen LogP contribution >= 0.6 is 0 Å². The summed E-state index contributed by atoms with van der Waals surface area (Å²) < 4.78 is 30.1. The maximum Gasteiger partial charge on any atom is 0.170 e. The van der Waals surface area contributed by atoms with Gasteiger partial charge in [0.1, 0.15) is 19.0 Å². The fraction of sp³-hybridized carbons (Fsp3) is 0.348. The molecule has 0 spiro atoms. The van der Waals surface area contributed by atoms with Crippen molar-refractivity contribution in [1.29, 1.82) is 0 Å². The number of piperidine rings is 1. The zero-order chi connectivity index (χ0) is 19.4. The number of benzene rings is 2. The first kappa shape index (κ1) is 17.0. The Morgan fingerprint density at radius 3 is 2.66 bits per heavy atom. The van der Waals surface area contributed by atoms with Crippen LogP contribution in [0.5, 0.6) is 11.5 Å². The van der Waals surface area contributed by atoms with E-state index in [1.165, 1.54) is 28.8 Å². The third-order valence-corrected chi connectivity index (χ3v) is 6.22. The predicted octanol–water partition coefficient (Wildman–Crippen LogP) is 4.47. The van der Waals surface area contributed by atoms with Gasteiger partial charge in [0.05, 0.1) is 5.69 Å². The molecular weight excluding hydrogens is 371 g/mol. The predicted molar refractivity (Wildman–Crippen MR) is 108 cm³/mol. The quantitative estimate of drug-likeness (QED) is 0.658. The van der Waals surface area contributed by atoms with Crippen molar-refractivity contribution in [1.82, 2.24) is 10.1 Å². The van der Waals surface area contributed by atoms with Crippen molar-refractivity contribution in [3.8, 4) is 11.5 Å². The molecule has 3 aromatic rings. The Morgan fingerprint density at radius 1 is 1.03 bits per heavy atom.